The number of hydrogen-bond donors (Lipinski definition) is 0. The van der Waals surface area contributed by atoms with Crippen LogP contribution >= 0.6 is 23.4 Å². The highest BCUT2D eigenvalue weighted by molar-refractivity contribution is 7.98. The lowest BCUT2D eigenvalue weighted by Gasteiger charge is -2.15. The van der Waals surface area contributed by atoms with Gasteiger partial charge in [0.25, 0.3) is 0 Å². The molecule has 0 atom stereocenters. The number of likely N-dealkylation sites (N-methyl/N-ethyl adjacent to an activating group) is 1. The predicted octanol–water partition coefficient (Wildman–Crippen LogP) is 3.10. The van der Waals surface area contributed by atoms with E-state index in [0.29, 0.717) is 28.0 Å². The minimum Gasteiger partial charge on any atom is -0.344 e. The third-order valence-electron chi connectivity index (χ3n) is 4.32. The molecule has 3 rings (SSSR count). The van der Waals surface area contributed by atoms with Crippen LogP contribution in [0.3, 0.4) is 0 Å². The fourth-order valence-electron chi connectivity index (χ4n) is 2.63. The van der Waals surface area contributed by atoms with E-state index in [9.17, 15) is 9.59 Å². The van der Waals surface area contributed by atoms with E-state index in [1.165, 1.54) is 20.8 Å². The Hall–Kier alpha value is -2.32. The standard InChI is InChI=1S/C19H22ClN5O2S/c1-3-4-10-23(2)16(26)12-25-19(27)24-11-9-21-18(17(24)22-25)28-13-14-5-7-15(20)8-6-14/h5-9,11H,3-4,10,12-13H2,1-2H3. The second kappa shape index (κ2) is 9.25. The van der Waals surface area contributed by atoms with E-state index >= 15 is 0 Å². The van der Waals surface area contributed by atoms with Crippen LogP contribution in [-0.4, -0.2) is 43.6 Å². The largest absolute Gasteiger partial charge is 0.350 e. The van der Waals surface area contributed by atoms with Crippen molar-refractivity contribution in [2.75, 3.05) is 13.6 Å². The summed E-state index contributed by atoms with van der Waals surface area (Å²) in [4.78, 5) is 30.9. The number of carbonyl (C=O) groups excluding carboxylic acids is 1. The number of thioether (sulfide) groups is 1. The molecule has 3 aromatic rings. The maximum Gasteiger partial charge on any atom is 0.350 e. The van der Waals surface area contributed by atoms with Crippen molar-refractivity contribution >= 4 is 34.9 Å². The Bertz CT molecular complexity index is 1020. The zero-order valence-corrected chi connectivity index (χ0v) is 17.4. The molecule has 9 heteroatoms. The number of rotatable bonds is 8. The van der Waals surface area contributed by atoms with Crippen molar-refractivity contribution in [3.63, 3.8) is 0 Å². The van der Waals surface area contributed by atoms with Gasteiger partial charge in [0, 0.05) is 36.8 Å². The van der Waals surface area contributed by atoms with E-state index in [-0.39, 0.29) is 18.1 Å². The van der Waals surface area contributed by atoms with E-state index in [1.807, 2.05) is 24.3 Å². The first-order chi connectivity index (χ1) is 13.5. The Morgan fingerprint density at radius 1 is 1.29 bits per heavy atom. The van der Waals surface area contributed by atoms with E-state index < -0.39 is 0 Å². The molecule has 0 aliphatic heterocycles. The number of unbranched alkanes of at least 4 members (excludes halogenated alkanes) is 1. The molecular formula is C19H22ClN5O2S. The van der Waals surface area contributed by atoms with Crippen LogP contribution in [-0.2, 0) is 17.1 Å². The number of fused-ring (bicyclic) bond motifs is 1. The number of nitrogens with zero attached hydrogens (tertiary/aromatic N) is 5. The van der Waals surface area contributed by atoms with Gasteiger partial charge in [-0.1, -0.05) is 48.8 Å². The lowest BCUT2D eigenvalue weighted by Crippen LogP contribution is -2.34. The molecule has 7 nitrogen and oxygen atoms in total. The Labute approximate surface area is 172 Å². The minimum absolute atomic E-state index is 0.0813. The third kappa shape index (κ3) is 4.74. The Morgan fingerprint density at radius 2 is 2.04 bits per heavy atom. The lowest BCUT2D eigenvalue weighted by molar-refractivity contribution is -0.130. The lowest BCUT2D eigenvalue weighted by atomic mass is 10.2. The van der Waals surface area contributed by atoms with Crippen LogP contribution in [0, 0.1) is 0 Å². The van der Waals surface area contributed by atoms with Crippen molar-refractivity contribution in [2.24, 2.45) is 0 Å². The molecule has 0 aliphatic rings. The average Bonchev–Trinajstić information content (AvgIpc) is 3.02. The maximum atomic E-state index is 12.6. The summed E-state index contributed by atoms with van der Waals surface area (Å²) in [6.07, 6.45) is 5.07. The van der Waals surface area contributed by atoms with E-state index in [2.05, 4.69) is 17.0 Å². The highest BCUT2D eigenvalue weighted by atomic mass is 35.5. The fourth-order valence-corrected chi connectivity index (χ4v) is 3.66. The van der Waals surface area contributed by atoms with Gasteiger partial charge in [-0.2, -0.15) is 0 Å². The number of halogens is 1. The second-order valence-electron chi connectivity index (χ2n) is 6.45. The SMILES string of the molecule is CCCCN(C)C(=O)Cn1nc2c(SCc3ccc(Cl)cc3)nccn2c1=O. The first kappa shape index (κ1) is 20.4. The molecule has 0 N–H and O–H groups in total. The number of amides is 1. The monoisotopic (exact) mass is 419 g/mol. The number of aromatic nitrogens is 4. The number of benzene rings is 1. The zero-order chi connectivity index (χ0) is 20.1. The van der Waals surface area contributed by atoms with Gasteiger partial charge in [0.2, 0.25) is 5.91 Å². The van der Waals surface area contributed by atoms with Gasteiger partial charge in [-0.3, -0.25) is 4.79 Å². The molecule has 28 heavy (non-hydrogen) atoms. The second-order valence-corrected chi connectivity index (χ2v) is 7.85. The van der Waals surface area contributed by atoms with Crippen LogP contribution in [0.1, 0.15) is 25.3 Å². The van der Waals surface area contributed by atoms with Gasteiger partial charge in [-0.15, -0.1) is 5.10 Å². The number of hydrogen-bond acceptors (Lipinski definition) is 5. The molecule has 0 radical (unpaired) electrons. The molecular weight excluding hydrogens is 398 g/mol. The van der Waals surface area contributed by atoms with Gasteiger partial charge in [0.15, 0.2) is 5.65 Å². The van der Waals surface area contributed by atoms with Crippen LogP contribution in [0.2, 0.25) is 5.02 Å². The molecule has 148 valence electrons. The van der Waals surface area contributed by atoms with Crippen LogP contribution in [0.15, 0.2) is 46.5 Å². The molecule has 0 spiro atoms. The minimum atomic E-state index is -0.344. The molecule has 1 aromatic carbocycles. The highest BCUT2D eigenvalue weighted by Gasteiger charge is 2.16. The van der Waals surface area contributed by atoms with Gasteiger partial charge in [-0.25, -0.2) is 18.9 Å². The van der Waals surface area contributed by atoms with Gasteiger partial charge < -0.3 is 4.90 Å². The predicted molar refractivity (Wildman–Crippen MR) is 111 cm³/mol. The topological polar surface area (TPSA) is 72.5 Å². The fraction of sp³-hybridized carbons (Fsp3) is 0.368. The van der Waals surface area contributed by atoms with Crippen molar-refractivity contribution in [1.82, 2.24) is 24.1 Å². The molecule has 2 aromatic heterocycles. The molecule has 0 aliphatic carbocycles. The summed E-state index contributed by atoms with van der Waals surface area (Å²) in [5.74, 6) is 0.533. The summed E-state index contributed by atoms with van der Waals surface area (Å²) < 4.78 is 2.63. The van der Waals surface area contributed by atoms with Crippen LogP contribution in [0.5, 0.6) is 0 Å². The van der Waals surface area contributed by atoms with E-state index in [1.54, 1.807) is 24.3 Å². The molecule has 0 saturated heterocycles. The highest BCUT2D eigenvalue weighted by Crippen LogP contribution is 2.24. The van der Waals surface area contributed by atoms with Crippen LogP contribution in [0.4, 0.5) is 0 Å². The van der Waals surface area contributed by atoms with Gasteiger partial charge in [0.1, 0.15) is 11.6 Å². The molecule has 0 fully saturated rings. The average molecular weight is 420 g/mol. The third-order valence-corrected chi connectivity index (χ3v) is 5.61. The Kier molecular flexibility index (Phi) is 6.74. The number of carbonyl (C=O) groups is 1. The molecule has 0 saturated carbocycles. The smallest absolute Gasteiger partial charge is 0.344 e. The summed E-state index contributed by atoms with van der Waals surface area (Å²) in [5.41, 5.74) is 1.20. The van der Waals surface area contributed by atoms with Crippen LogP contribution in [0.25, 0.3) is 5.65 Å². The van der Waals surface area contributed by atoms with Crippen molar-refractivity contribution in [3.8, 4) is 0 Å². The Balaban J connectivity index is 1.78. The van der Waals surface area contributed by atoms with Gasteiger partial charge in [0.05, 0.1) is 0 Å². The maximum absolute atomic E-state index is 12.6. The molecule has 0 bridgehead atoms. The van der Waals surface area contributed by atoms with Crippen molar-refractivity contribution in [3.05, 3.63) is 57.7 Å². The Morgan fingerprint density at radius 3 is 2.75 bits per heavy atom. The van der Waals surface area contributed by atoms with Gasteiger partial charge >= 0.3 is 5.69 Å². The quantitative estimate of drug-likeness (QED) is 0.524. The summed E-state index contributed by atoms with van der Waals surface area (Å²) in [5, 5.41) is 5.68. The van der Waals surface area contributed by atoms with E-state index in [0.717, 1.165) is 18.4 Å². The van der Waals surface area contributed by atoms with E-state index in [4.69, 9.17) is 11.6 Å². The summed E-state index contributed by atoms with van der Waals surface area (Å²) in [6, 6.07) is 7.58. The van der Waals surface area contributed by atoms with Crippen molar-refractivity contribution < 1.29 is 4.79 Å². The van der Waals surface area contributed by atoms with Gasteiger partial charge in [-0.05, 0) is 24.1 Å². The first-order valence-electron chi connectivity index (χ1n) is 9.05. The molecule has 1 amide bonds. The summed E-state index contributed by atoms with van der Waals surface area (Å²) in [6.45, 7) is 2.66. The normalized spacial score (nSPS) is 11.1. The van der Waals surface area contributed by atoms with Crippen LogP contribution < -0.4 is 5.69 Å². The first-order valence-corrected chi connectivity index (χ1v) is 10.4. The van der Waals surface area contributed by atoms with Crippen molar-refractivity contribution in [1.29, 1.82) is 0 Å². The molecule has 0 unspecified atom stereocenters. The summed E-state index contributed by atoms with van der Waals surface area (Å²) >= 11 is 7.40. The van der Waals surface area contributed by atoms with Crippen molar-refractivity contribution in [2.45, 2.75) is 37.1 Å². The zero-order valence-electron chi connectivity index (χ0n) is 15.8. The molecule has 2 heterocycles. The summed E-state index contributed by atoms with van der Waals surface area (Å²) in [7, 11) is 1.74.